The molecule has 1 heterocycles. The van der Waals surface area contributed by atoms with Crippen LogP contribution in [0.5, 0.6) is 0 Å². The molecule has 1 aliphatic rings. The number of aliphatic hydroxyl groups is 3. The largest absolute Gasteiger partial charge is 0.388 e. The second kappa shape index (κ2) is 4.81. The SMILES string of the molecule is CC1OCC(O)C(C(O)C(O)C=O)O1. The molecule has 14 heavy (non-hydrogen) atoms. The zero-order valence-electron chi connectivity index (χ0n) is 7.74. The molecule has 0 aliphatic carbocycles. The fraction of sp³-hybridized carbons (Fsp3) is 0.875. The molecular weight excluding hydrogens is 192 g/mol. The average Bonchev–Trinajstić information content (AvgIpc) is 2.19. The first-order valence-corrected chi connectivity index (χ1v) is 4.33. The van der Waals surface area contributed by atoms with Crippen LogP contribution in [-0.2, 0) is 14.3 Å². The molecule has 1 aliphatic heterocycles. The summed E-state index contributed by atoms with van der Waals surface area (Å²) in [4.78, 5) is 10.2. The van der Waals surface area contributed by atoms with Crippen LogP contribution in [0.25, 0.3) is 0 Å². The Hall–Kier alpha value is -0.530. The van der Waals surface area contributed by atoms with Crippen molar-refractivity contribution in [2.45, 2.75) is 37.6 Å². The van der Waals surface area contributed by atoms with Gasteiger partial charge in [0.15, 0.2) is 12.6 Å². The molecule has 0 aromatic rings. The summed E-state index contributed by atoms with van der Waals surface area (Å²) in [6.45, 7) is 1.60. The molecule has 0 spiro atoms. The Bertz CT molecular complexity index is 196. The zero-order valence-corrected chi connectivity index (χ0v) is 7.74. The maximum absolute atomic E-state index is 10.2. The van der Waals surface area contributed by atoms with Crippen molar-refractivity contribution in [1.29, 1.82) is 0 Å². The van der Waals surface area contributed by atoms with Crippen molar-refractivity contribution < 1.29 is 29.6 Å². The Morgan fingerprint density at radius 3 is 2.71 bits per heavy atom. The summed E-state index contributed by atoms with van der Waals surface area (Å²) in [5.74, 6) is 0. The van der Waals surface area contributed by atoms with Crippen LogP contribution in [0.3, 0.4) is 0 Å². The lowest BCUT2D eigenvalue weighted by molar-refractivity contribution is -0.270. The Balaban J connectivity index is 2.59. The van der Waals surface area contributed by atoms with Crippen LogP contribution >= 0.6 is 0 Å². The van der Waals surface area contributed by atoms with Crippen LogP contribution < -0.4 is 0 Å². The predicted molar refractivity (Wildman–Crippen MR) is 44.4 cm³/mol. The van der Waals surface area contributed by atoms with Crippen molar-refractivity contribution in [1.82, 2.24) is 0 Å². The van der Waals surface area contributed by atoms with Crippen LogP contribution in [0.15, 0.2) is 0 Å². The number of aliphatic hydroxyl groups excluding tert-OH is 3. The van der Waals surface area contributed by atoms with Gasteiger partial charge >= 0.3 is 0 Å². The van der Waals surface area contributed by atoms with Gasteiger partial charge in [-0.15, -0.1) is 0 Å². The Kier molecular flexibility index (Phi) is 3.97. The number of hydrogen-bond donors (Lipinski definition) is 3. The van der Waals surface area contributed by atoms with E-state index in [-0.39, 0.29) is 12.9 Å². The van der Waals surface area contributed by atoms with Crippen molar-refractivity contribution >= 4 is 6.29 Å². The van der Waals surface area contributed by atoms with Gasteiger partial charge in [-0.3, -0.25) is 0 Å². The molecule has 0 aromatic carbocycles. The molecular formula is C8H14O6. The smallest absolute Gasteiger partial charge is 0.155 e. The molecule has 0 bridgehead atoms. The second-order valence-electron chi connectivity index (χ2n) is 3.19. The van der Waals surface area contributed by atoms with Crippen LogP contribution in [0.4, 0.5) is 0 Å². The average molecular weight is 206 g/mol. The summed E-state index contributed by atoms with van der Waals surface area (Å²) in [5.41, 5.74) is 0. The van der Waals surface area contributed by atoms with Crippen LogP contribution in [0, 0.1) is 0 Å². The number of aldehydes is 1. The van der Waals surface area contributed by atoms with E-state index in [1.165, 1.54) is 0 Å². The van der Waals surface area contributed by atoms with Gasteiger partial charge in [-0.25, -0.2) is 0 Å². The number of carbonyl (C=O) groups excluding carboxylic acids is 1. The molecule has 1 rings (SSSR count). The highest BCUT2D eigenvalue weighted by atomic mass is 16.7. The Labute approximate surface area is 81.1 Å². The summed E-state index contributed by atoms with van der Waals surface area (Å²) in [6.07, 6.45) is -5.42. The highest BCUT2D eigenvalue weighted by Crippen LogP contribution is 2.17. The van der Waals surface area contributed by atoms with E-state index in [1.807, 2.05) is 0 Å². The molecule has 3 N–H and O–H groups in total. The maximum atomic E-state index is 10.2. The quantitative estimate of drug-likeness (QED) is 0.463. The van der Waals surface area contributed by atoms with Gasteiger partial charge in [0.05, 0.1) is 6.61 Å². The number of hydrogen-bond acceptors (Lipinski definition) is 6. The molecule has 1 saturated heterocycles. The van der Waals surface area contributed by atoms with Crippen molar-refractivity contribution in [2.75, 3.05) is 6.61 Å². The second-order valence-corrected chi connectivity index (χ2v) is 3.19. The summed E-state index contributed by atoms with van der Waals surface area (Å²) in [5, 5.41) is 27.8. The number of carbonyl (C=O) groups is 1. The van der Waals surface area contributed by atoms with Gasteiger partial charge in [0, 0.05) is 0 Å². The van der Waals surface area contributed by atoms with E-state index in [4.69, 9.17) is 14.6 Å². The van der Waals surface area contributed by atoms with Gasteiger partial charge in [0.2, 0.25) is 0 Å². The lowest BCUT2D eigenvalue weighted by Crippen LogP contribution is -2.53. The van der Waals surface area contributed by atoms with Crippen molar-refractivity contribution in [3.05, 3.63) is 0 Å². The van der Waals surface area contributed by atoms with Crippen LogP contribution in [-0.4, -0.2) is 58.9 Å². The van der Waals surface area contributed by atoms with Crippen LogP contribution in [0.1, 0.15) is 6.92 Å². The molecule has 6 heteroatoms. The summed E-state index contributed by atoms with van der Waals surface area (Å²) >= 11 is 0. The van der Waals surface area contributed by atoms with Crippen molar-refractivity contribution in [2.24, 2.45) is 0 Å². The minimum Gasteiger partial charge on any atom is -0.388 e. The van der Waals surface area contributed by atoms with E-state index in [9.17, 15) is 15.0 Å². The number of ether oxygens (including phenoxy) is 2. The van der Waals surface area contributed by atoms with E-state index in [0.717, 1.165) is 0 Å². The minimum absolute atomic E-state index is 0.00840. The van der Waals surface area contributed by atoms with Gasteiger partial charge in [-0.05, 0) is 6.92 Å². The van der Waals surface area contributed by atoms with E-state index in [1.54, 1.807) is 6.92 Å². The van der Waals surface area contributed by atoms with E-state index in [2.05, 4.69) is 0 Å². The Morgan fingerprint density at radius 2 is 2.14 bits per heavy atom. The normalized spacial score (nSPS) is 37.6. The summed E-state index contributed by atoms with van der Waals surface area (Å²) < 4.78 is 9.97. The highest BCUT2D eigenvalue weighted by Gasteiger charge is 2.37. The zero-order chi connectivity index (χ0) is 10.7. The molecule has 5 unspecified atom stereocenters. The standard InChI is InChI=1S/C8H14O6/c1-4-13-3-6(11)8(14-4)7(12)5(10)2-9/h2,4-8,10-12H,3H2,1H3. The molecule has 0 aromatic heterocycles. The lowest BCUT2D eigenvalue weighted by atomic mass is 10.0. The molecule has 5 atom stereocenters. The van der Waals surface area contributed by atoms with Gasteiger partial charge in [-0.1, -0.05) is 0 Å². The first-order chi connectivity index (χ1) is 6.56. The third-order valence-corrected chi connectivity index (χ3v) is 2.06. The van der Waals surface area contributed by atoms with Crippen molar-refractivity contribution in [3.8, 4) is 0 Å². The van der Waals surface area contributed by atoms with Gasteiger partial charge in [0.25, 0.3) is 0 Å². The van der Waals surface area contributed by atoms with Crippen LogP contribution in [0.2, 0.25) is 0 Å². The maximum Gasteiger partial charge on any atom is 0.155 e. The van der Waals surface area contributed by atoms with E-state index >= 15 is 0 Å². The fourth-order valence-electron chi connectivity index (χ4n) is 1.26. The Morgan fingerprint density at radius 1 is 1.50 bits per heavy atom. The number of rotatable bonds is 3. The minimum atomic E-state index is -1.56. The van der Waals surface area contributed by atoms with Gasteiger partial charge < -0.3 is 29.6 Å². The molecule has 82 valence electrons. The van der Waals surface area contributed by atoms with E-state index in [0.29, 0.717) is 0 Å². The lowest BCUT2D eigenvalue weighted by Gasteiger charge is -2.35. The fourth-order valence-corrected chi connectivity index (χ4v) is 1.26. The highest BCUT2D eigenvalue weighted by molar-refractivity contribution is 5.56. The van der Waals surface area contributed by atoms with Gasteiger partial charge in [-0.2, -0.15) is 0 Å². The van der Waals surface area contributed by atoms with Crippen molar-refractivity contribution in [3.63, 3.8) is 0 Å². The predicted octanol–water partition coefficient (Wildman–Crippen LogP) is -1.97. The third-order valence-electron chi connectivity index (χ3n) is 2.06. The summed E-state index contributed by atoms with van der Waals surface area (Å²) in [7, 11) is 0. The molecule has 6 nitrogen and oxygen atoms in total. The van der Waals surface area contributed by atoms with Gasteiger partial charge in [0.1, 0.15) is 24.4 Å². The topological polar surface area (TPSA) is 96.2 Å². The van der Waals surface area contributed by atoms with E-state index < -0.39 is 30.7 Å². The molecule has 0 saturated carbocycles. The third kappa shape index (κ3) is 2.49. The first kappa shape index (κ1) is 11.5. The molecule has 0 radical (unpaired) electrons. The first-order valence-electron chi connectivity index (χ1n) is 4.33. The monoisotopic (exact) mass is 206 g/mol. The molecule has 1 fully saturated rings. The molecule has 0 amide bonds. The summed E-state index contributed by atoms with van der Waals surface area (Å²) in [6, 6.07) is 0.